The summed E-state index contributed by atoms with van der Waals surface area (Å²) >= 11 is 0. The molecule has 0 fully saturated rings. The van der Waals surface area contributed by atoms with Gasteiger partial charge in [0.25, 0.3) is 0 Å². The normalized spacial score (nSPS) is 15.6. The average Bonchev–Trinajstić information content (AvgIpc) is 1.83. The van der Waals surface area contributed by atoms with Crippen molar-refractivity contribution in [1.29, 1.82) is 0 Å². The van der Waals surface area contributed by atoms with Crippen molar-refractivity contribution in [1.82, 2.24) is 0 Å². The van der Waals surface area contributed by atoms with Crippen LogP contribution in [0.5, 0.6) is 0 Å². The van der Waals surface area contributed by atoms with E-state index in [1.165, 1.54) is 6.26 Å². The monoisotopic (exact) mass is 190 g/mol. The summed E-state index contributed by atoms with van der Waals surface area (Å²) in [4.78, 5) is -0.0381. The lowest BCUT2D eigenvalue weighted by Crippen LogP contribution is -2.00. The summed E-state index contributed by atoms with van der Waals surface area (Å²) in [5.41, 5.74) is 0. The smallest absolute Gasteiger partial charge is 0.141 e. The van der Waals surface area contributed by atoms with Crippen LogP contribution in [0.15, 0.2) is 23.1 Å². The molecule has 1 unspecified atom stereocenters. The lowest BCUT2D eigenvalue weighted by molar-refractivity contribution is 0.562. The van der Waals surface area contributed by atoms with E-state index < -0.39 is 21.2 Å². The third-order valence-corrected chi connectivity index (χ3v) is 2.62. The van der Waals surface area contributed by atoms with E-state index in [0.717, 1.165) is 12.1 Å². The molecule has 1 rings (SSSR count). The number of benzene rings is 1. The van der Waals surface area contributed by atoms with E-state index in [4.69, 9.17) is 0 Å². The highest BCUT2D eigenvalue weighted by Gasteiger charge is 2.08. The number of hydrogen-bond donors (Lipinski definition) is 0. The molecule has 12 heavy (non-hydrogen) atoms. The molecule has 0 radical (unpaired) electrons. The van der Waals surface area contributed by atoms with E-state index in [0.29, 0.717) is 6.07 Å². The molecule has 1 atom stereocenters. The first-order chi connectivity index (χ1) is 5.41. The zero-order valence-electron chi connectivity index (χ0n) is 6.51. The van der Waals surface area contributed by atoms with Gasteiger partial charge in [-0.25, -0.2) is 8.78 Å². The van der Waals surface area contributed by atoms with Crippen LogP contribution in [0.25, 0.3) is 0 Å². The number of halogens is 2. The van der Waals surface area contributed by atoms with Crippen LogP contribution in [-0.2, 0) is 9.52 Å². The molecular weight excluding hydrogens is 182 g/mol. The van der Waals surface area contributed by atoms with Crippen LogP contribution in [0.2, 0.25) is 0 Å². The molecule has 0 aliphatic rings. The zero-order valence-corrected chi connectivity index (χ0v) is 7.33. The molecule has 0 aliphatic carbocycles. The van der Waals surface area contributed by atoms with Crippen LogP contribution in [-0.4, -0.2) is 16.3 Å². The quantitative estimate of drug-likeness (QED) is 0.616. The van der Waals surface area contributed by atoms with Crippen molar-refractivity contribution in [2.75, 3.05) is 6.26 Å². The highest BCUT2D eigenvalue weighted by Crippen LogP contribution is 2.14. The molecular formula is C8H8F2OS. The van der Waals surface area contributed by atoms with Crippen LogP contribution in [0.3, 0.4) is 0 Å². The summed E-state index contributed by atoms with van der Waals surface area (Å²) in [5.74, 6) is 1.81. The molecule has 0 saturated heterocycles. The van der Waals surface area contributed by atoms with E-state index in [-0.39, 0.29) is 4.90 Å². The van der Waals surface area contributed by atoms with Crippen molar-refractivity contribution in [3.8, 4) is 0 Å². The maximum Gasteiger partial charge on any atom is 0.141 e. The van der Waals surface area contributed by atoms with Gasteiger partial charge in [-0.1, -0.05) is 0 Å². The van der Waals surface area contributed by atoms with Gasteiger partial charge >= 0.3 is 0 Å². The van der Waals surface area contributed by atoms with Crippen LogP contribution in [0, 0.1) is 11.6 Å². The Morgan fingerprint density at radius 1 is 1.42 bits per heavy atom. The SMILES string of the molecule is C=S(C)(=O)c1ccc(F)cc1F. The average molecular weight is 190 g/mol. The van der Waals surface area contributed by atoms with Gasteiger partial charge in [-0.3, -0.25) is 4.21 Å². The Morgan fingerprint density at radius 2 is 2.00 bits per heavy atom. The lowest BCUT2D eigenvalue weighted by atomic mass is 10.3. The minimum absolute atomic E-state index is 0.0381. The van der Waals surface area contributed by atoms with Crippen LogP contribution >= 0.6 is 0 Å². The first-order valence-corrected chi connectivity index (χ1v) is 5.32. The first-order valence-electron chi connectivity index (χ1n) is 3.18. The van der Waals surface area contributed by atoms with Gasteiger partial charge in [0.05, 0.1) is 4.90 Å². The van der Waals surface area contributed by atoms with Gasteiger partial charge in [-0.2, -0.15) is 0 Å². The number of rotatable bonds is 1. The third kappa shape index (κ3) is 1.82. The summed E-state index contributed by atoms with van der Waals surface area (Å²) in [5, 5.41) is 0. The van der Waals surface area contributed by atoms with Crippen molar-refractivity contribution >= 4 is 15.4 Å². The topological polar surface area (TPSA) is 17.1 Å². The van der Waals surface area contributed by atoms with Gasteiger partial charge in [-0.15, -0.1) is 0 Å². The van der Waals surface area contributed by atoms with Crippen molar-refractivity contribution in [2.24, 2.45) is 0 Å². The zero-order chi connectivity index (χ0) is 9.35. The van der Waals surface area contributed by atoms with Gasteiger partial charge in [0.2, 0.25) is 0 Å². The molecule has 66 valence electrons. The highest BCUT2D eigenvalue weighted by atomic mass is 32.2. The van der Waals surface area contributed by atoms with Crippen molar-refractivity contribution in [3.05, 3.63) is 29.8 Å². The van der Waals surface area contributed by atoms with Gasteiger partial charge < -0.3 is 0 Å². The largest absolute Gasteiger partial charge is 0.263 e. The van der Waals surface area contributed by atoms with E-state index in [2.05, 4.69) is 5.87 Å². The highest BCUT2D eigenvalue weighted by molar-refractivity contribution is 7.99. The molecule has 0 N–H and O–H groups in total. The fourth-order valence-electron chi connectivity index (χ4n) is 0.825. The molecule has 0 heterocycles. The van der Waals surface area contributed by atoms with Crippen molar-refractivity contribution in [2.45, 2.75) is 4.90 Å². The van der Waals surface area contributed by atoms with E-state index in [1.54, 1.807) is 0 Å². The third-order valence-electron chi connectivity index (χ3n) is 1.36. The molecule has 0 bridgehead atoms. The fraction of sp³-hybridized carbons (Fsp3) is 0.125. The minimum atomic E-state index is -2.59. The summed E-state index contributed by atoms with van der Waals surface area (Å²) in [7, 11) is -2.59. The maximum absolute atomic E-state index is 12.9. The Balaban J connectivity index is 3.39. The maximum atomic E-state index is 12.9. The molecule has 0 saturated carbocycles. The Kier molecular flexibility index (Phi) is 2.19. The van der Waals surface area contributed by atoms with Crippen molar-refractivity contribution < 1.29 is 13.0 Å². The molecule has 1 aromatic rings. The van der Waals surface area contributed by atoms with E-state index >= 15 is 0 Å². The molecule has 0 spiro atoms. The predicted octanol–water partition coefficient (Wildman–Crippen LogP) is 1.67. The molecule has 1 aromatic carbocycles. The van der Waals surface area contributed by atoms with Gasteiger partial charge in [0.15, 0.2) is 0 Å². The van der Waals surface area contributed by atoms with Gasteiger partial charge in [-0.05, 0) is 27.5 Å². The summed E-state index contributed by atoms with van der Waals surface area (Å²) in [6, 6.07) is 2.91. The second kappa shape index (κ2) is 2.86. The van der Waals surface area contributed by atoms with Crippen LogP contribution in [0.4, 0.5) is 8.78 Å². The Bertz CT molecular complexity index is 396. The Labute approximate surface area is 70.0 Å². The second-order valence-corrected chi connectivity index (χ2v) is 5.03. The van der Waals surface area contributed by atoms with Gasteiger partial charge in [0.1, 0.15) is 11.6 Å². The summed E-state index contributed by atoms with van der Waals surface area (Å²) in [6.07, 6.45) is 1.31. The molecule has 4 heteroatoms. The first kappa shape index (κ1) is 9.19. The molecule has 0 aromatic heterocycles. The summed E-state index contributed by atoms with van der Waals surface area (Å²) in [6.45, 7) is 0. The molecule has 1 nitrogen and oxygen atoms in total. The van der Waals surface area contributed by atoms with E-state index in [9.17, 15) is 13.0 Å². The van der Waals surface area contributed by atoms with Gasteiger partial charge in [0, 0.05) is 12.3 Å². The fourth-order valence-corrected chi connectivity index (χ4v) is 1.65. The van der Waals surface area contributed by atoms with Crippen molar-refractivity contribution in [3.63, 3.8) is 0 Å². The number of hydrogen-bond acceptors (Lipinski definition) is 1. The molecule has 0 aliphatic heterocycles. The standard InChI is InChI=1S/C8H8F2OS/c1-12(2,11)8-4-3-6(9)5-7(8)10/h3-5H,1H2,2H3. The summed E-state index contributed by atoms with van der Waals surface area (Å²) < 4.78 is 36.5. The lowest BCUT2D eigenvalue weighted by Gasteiger charge is -2.03. The molecule has 0 amide bonds. The predicted molar refractivity (Wildman–Crippen MR) is 45.8 cm³/mol. The Hall–Kier alpha value is -0.900. The minimum Gasteiger partial charge on any atom is -0.263 e. The van der Waals surface area contributed by atoms with Crippen LogP contribution in [0.1, 0.15) is 0 Å². The van der Waals surface area contributed by atoms with E-state index in [1.807, 2.05) is 0 Å². The second-order valence-electron chi connectivity index (χ2n) is 2.58. The van der Waals surface area contributed by atoms with Crippen LogP contribution < -0.4 is 0 Å². The Morgan fingerprint density at radius 3 is 2.42 bits per heavy atom.